The standard InChI is InChI=1S/C19H24N2O2S/c1-14-9-11-21(12-10-14)24(22,23)18-7-4-16(5-8-18)19-13-17(20)6-3-15(19)2/h3-8,13-14H,9-12,20H2,1-2H3. The number of piperidine rings is 1. The zero-order valence-electron chi connectivity index (χ0n) is 14.2. The Morgan fingerprint density at radius 1 is 1.04 bits per heavy atom. The van der Waals surface area contributed by atoms with Gasteiger partial charge in [-0.05, 0) is 66.6 Å². The van der Waals surface area contributed by atoms with Crippen molar-refractivity contribution >= 4 is 15.7 Å². The molecule has 0 aromatic heterocycles. The summed E-state index contributed by atoms with van der Waals surface area (Å²) < 4.78 is 27.1. The van der Waals surface area contributed by atoms with Crippen LogP contribution < -0.4 is 5.73 Å². The summed E-state index contributed by atoms with van der Waals surface area (Å²) in [6.07, 6.45) is 1.86. The molecule has 0 atom stereocenters. The van der Waals surface area contributed by atoms with Crippen LogP contribution in [0.15, 0.2) is 47.4 Å². The van der Waals surface area contributed by atoms with E-state index in [0.717, 1.165) is 29.5 Å². The van der Waals surface area contributed by atoms with Gasteiger partial charge in [-0.1, -0.05) is 25.1 Å². The molecule has 2 aromatic rings. The molecule has 0 radical (unpaired) electrons. The van der Waals surface area contributed by atoms with Gasteiger partial charge in [-0.15, -0.1) is 0 Å². The highest BCUT2D eigenvalue weighted by Crippen LogP contribution is 2.28. The molecule has 5 heteroatoms. The molecular weight excluding hydrogens is 320 g/mol. The molecule has 0 amide bonds. The lowest BCUT2D eigenvalue weighted by Crippen LogP contribution is -2.37. The van der Waals surface area contributed by atoms with Crippen LogP contribution in [0.4, 0.5) is 5.69 Å². The SMILES string of the molecule is Cc1ccc(N)cc1-c1ccc(S(=O)(=O)N2CCC(C)CC2)cc1. The van der Waals surface area contributed by atoms with Gasteiger partial charge in [0.1, 0.15) is 0 Å². The van der Waals surface area contributed by atoms with Gasteiger partial charge in [-0.2, -0.15) is 4.31 Å². The largest absolute Gasteiger partial charge is 0.399 e. The maximum atomic E-state index is 12.8. The van der Waals surface area contributed by atoms with Crippen LogP contribution in [0.25, 0.3) is 11.1 Å². The van der Waals surface area contributed by atoms with Crippen LogP contribution in [0.5, 0.6) is 0 Å². The van der Waals surface area contributed by atoms with Crippen molar-refractivity contribution in [2.24, 2.45) is 5.92 Å². The number of hydrogen-bond acceptors (Lipinski definition) is 3. The van der Waals surface area contributed by atoms with Crippen LogP contribution >= 0.6 is 0 Å². The average molecular weight is 344 g/mol. The molecule has 0 aliphatic carbocycles. The molecule has 0 unspecified atom stereocenters. The Balaban J connectivity index is 1.88. The molecule has 1 fully saturated rings. The van der Waals surface area contributed by atoms with E-state index >= 15 is 0 Å². The first-order valence-electron chi connectivity index (χ1n) is 8.34. The Hall–Kier alpha value is -1.85. The monoisotopic (exact) mass is 344 g/mol. The van der Waals surface area contributed by atoms with E-state index in [1.165, 1.54) is 0 Å². The molecule has 4 nitrogen and oxygen atoms in total. The Kier molecular flexibility index (Phi) is 4.65. The predicted octanol–water partition coefficient (Wildman–Crippen LogP) is 3.66. The fourth-order valence-electron chi connectivity index (χ4n) is 3.13. The van der Waals surface area contributed by atoms with Crippen molar-refractivity contribution in [2.45, 2.75) is 31.6 Å². The van der Waals surface area contributed by atoms with Crippen LogP contribution in [0.3, 0.4) is 0 Å². The molecule has 2 aromatic carbocycles. The van der Waals surface area contributed by atoms with Gasteiger partial charge in [0.2, 0.25) is 10.0 Å². The zero-order valence-corrected chi connectivity index (χ0v) is 15.0. The summed E-state index contributed by atoms with van der Waals surface area (Å²) in [7, 11) is -3.39. The Morgan fingerprint density at radius 3 is 2.29 bits per heavy atom. The van der Waals surface area contributed by atoms with Crippen molar-refractivity contribution in [2.75, 3.05) is 18.8 Å². The summed E-state index contributed by atoms with van der Waals surface area (Å²) in [5.74, 6) is 0.602. The first kappa shape index (κ1) is 17.0. The van der Waals surface area contributed by atoms with Gasteiger partial charge in [0.25, 0.3) is 0 Å². The predicted molar refractivity (Wildman–Crippen MR) is 98.2 cm³/mol. The van der Waals surface area contributed by atoms with E-state index in [0.29, 0.717) is 29.6 Å². The van der Waals surface area contributed by atoms with Crippen LogP contribution in [0.2, 0.25) is 0 Å². The molecule has 24 heavy (non-hydrogen) atoms. The first-order valence-corrected chi connectivity index (χ1v) is 9.78. The lowest BCUT2D eigenvalue weighted by Gasteiger charge is -2.29. The van der Waals surface area contributed by atoms with Gasteiger partial charge in [-0.25, -0.2) is 8.42 Å². The summed E-state index contributed by atoms with van der Waals surface area (Å²) >= 11 is 0. The molecule has 1 heterocycles. The third-order valence-corrected chi connectivity index (χ3v) is 6.72. The van der Waals surface area contributed by atoms with Gasteiger partial charge < -0.3 is 5.73 Å². The maximum Gasteiger partial charge on any atom is 0.243 e. The lowest BCUT2D eigenvalue weighted by atomic mass is 10.0. The van der Waals surface area contributed by atoms with Crippen molar-refractivity contribution in [1.82, 2.24) is 4.31 Å². The van der Waals surface area contributed by atoms with Crippen molar-refractivity contribution < 1.29 is 8.42 Å². The molecular formula is C19H24N2O2S. The highest BCUT2D eigenvalue weighted by atomic mass is 32.2. The minimum absolute atomic E-state index is 0.363. The van der Waals surface area contributed by atoms with E-state index in [2.05, 4.69) is 6.92 Å². The van der Waals surface area contributed by atoms with Crippen LogP contribution in [-0.4, -0.2) is 25.8 Å². The lowest BCUT2D eigenvalue weighted by molar-refractivity contribution is 0.288. The van der Waals surface area contributed by atoms with Gasteiger partial charge >= 0.3 is 0 Å². The molecule has 3 rings (SSSR count). The Labute approximate surface area is 144 Å². The number of anilines is 1. The van der Waals surface area contributed by atoms with Crippen LogP contribution in [0, 0.1) is 12.8 Å². The second-order valence-corrected chi connectivity index (χ2v) is 8.62. The summed E-state index contributed by atoms with van der Waals surface area (Å²) in [4.78, 5) is 0.363. The smallest absolute Gasteiger partial charge is 0.243 e. The van der Waals surface area contributed by atoms with Gasteiger partial charge in [0, 0.05) is 18.8 Å². The molecule has 128 valence electrons. The van der Waals surface area contributed by atoms with Crippen molar-refractivity contribution in [3.05, 3.63) is 48.0 Å². The number of sulfonamides is 1. The van der Waals surface area contributed by atoms with Crippen LogP contribution in [0.1, 0.15) is 25.3 Å². The maximum absolute atomic E-state index is 12.8. The topological polar surface area (TPSA) is 63.4 Å². The van der Waals surface area contributed by atoms with E-state index in [9.17, 15) is 8.42 Å². The van der Waals surface area contributed by atoms with E-state index < -0.39 is 10.0 Å². The van der Waals surface area contributed by atoms with Crippen LogP contribution in [-0.2, 0) is 10.0 Å². The third-order valence-electron chi connectivity index (χ3n) is 4.81. The number of nitrogen functional groups attached to an aromatic ring is 1. The molecule has 0 saturated carbocycles. The molecule has 1 aliphatic heterocycles. The van der Waals surface area contributed by atoms with Gasteiger partial charge in [0.15, 0.2) is 0 Å². The highest BCUT2D eigenvalue weighted by molar-refractivity contribution is 7.89. The molecule has 0 spiro atoms. The Morgan fingerprint density at radius 2 is 1.67 bits per heavy atom. The van der Waals surface area contributed by atoms with Crippen molar-refractivity contribution in [1.29, 1.82) is 0 Å². The highest BCUT2D eigenvalue weighted by Gasteiger charge is 2.27. The fourth-order valence-corrected chi connectivity index (χ4v) is 4.60. The summed E-state index contributed by atoms with van der Waals surface area (Å²) in [6.45, 7) is 5.42. The van der Waals surface area contributed by atoms with Gasteiger partial charge in [0.05, 0.1) is 4.90 Å². The van der Waals surface area contributed by atoms with Gasteiger partial charge in [-0.3, -0.25) is 0 Å². The minimum Gasteiger partial charge on any atom is -0.399 e. The normalized spacial score (nSPS) is 17.1. The zero-order chi connectivity index (χ0) is 17.3. The number of nitrogens with zero attached hydrogens (tertiary/aromatic N) is 1. The van der Waals surface area contributed by atoms with Crippen molar-refractivity contribution in [3.8, 4) is 11.1 Å². The summed E-state index contributed by atoms with van der Waals surface area (Å²) in [5, 5.41) is 0. The summed E-state index contributed by atoms with van der Waals surface area (Å²) in [6, 6.07) is 12.9. The number of hydrogen-bond donors (Lipinski definition) is 1. The van der Waals surface area contributed by atoms with E-state index in [1.54, 1.807) is 16.4 Å². The average Bonchev–Trinajstić information content (AvgIpc) is 2.57. The molecule has 1 aliphatic rings. The fraction of sp³-hybridized carbons (Fsp3) is 0.368. The molecule has 0 bridgehead atoms. The second kappa shape index (κ2) is 6.57. The van der Waals surface area contributed by atoms with Crippen molar-refractivity contribution in [3.63, 3.8) is 0 Å². The number of benzene rings is 2. The third kappa shape index (κ3) is 3.32. The molecule has 2 N–H and O–H groups in total. The molecule has 1 saturated heterocycles. The van der Waals surface area contributed by atoms with E-state index in [1.807, 2.05) is 37.3 Å². The minimum atomic E-state index is -3.39. The quantitative estimate of drug-likeness (QED) is 0.864. The second-order valence-electron chi connectivity index (χ2n) is 6.69. The number of rotatable bonds is 3. The number of aryl methyl sites for hydroxylation is 1. The van der Waals surface area contributed by atoms with E-state index in [4.69, 9.17) is 5.73 Å². The Bertz CT molecular complexity index is 821. The summed E-state index contributed by atoms with van der Waals surface area (Å²) in [5.41, 5.74) is 9.70. The first-order chi connectivity index (χ1) is 11.4. The van der Waals surface area contributed by atoms with E-state index in [-0.39, 0.29) is 0 Å². The number of nitrogens with two attached hydrogens (primary N) is 1.